The molecule has 0 aliphatic heterocycles. The molecule has 0 aromatic carbocycles. The van der Waals surface area contributed by atoms with Gasteiger partial charge in [-0.1, -0.05) is 78.4 Å². The van der Waals surface area contributed by atoms with Crippen molar-refractivity contribution in [3.05, 3.63) is 12.2 Å². The SMILES string of the molecule is CCCCCCC(CCCC)C(O)/C=C/CC(C)C. The molecule has 0 radical (unpaired) electrons. The molecule has 0 aromatic rings. The molecular formula is C18H36O. The summed E-state index contributed by atoms with van der Waals surface area (Å²) in [6, 6.07) is 0. The van der Waals surface area contributed by atoms with E-state index in [1.165, 1.54) is 51.4 Å². The Balaban J connectivity index is 4.10. The largest absolute Gasteiger partial charge is 0.389 e. The van der Waals surface area contributed by atoms with Gasteiger partial charge in [-0.2, -0.15) is 0 Å². The molecule has 0 aromatic heterocycles. The molecular weight excluding hydrogens is 232 g/mol. The summed E-state index contributed by atoms with van der Waals surface area (Å²) in [5.74, 6) is 1.15. The van der Waals surface area contributed by atoms with Crippen LogP contribution in [0.3, 0.4) is 0 Å². The van der Waals surface area contributed by atoms with E-state index in [1.807, 2.05) is 6.08 Å². The summed E-state index contributed by atoms with van der Waals surface area (Å²) in [6.45, 7) is 8.92. The van der Waals surface area contributed by atoms with Crippen molar-refractivity contribution < 1.29 is 5.11 Å². The Morgan fingerprint density at radius 3 is 2.11 bits per heavy atom. The Hall–Kier alpha value is -0.300. The fraction of sp³-hybridized carbons (Fsp3) is 0.889. The molecule has 0 saturated carbocycles. The van der Waals surface area contributed by atoms with Crippen molar-refractivity contribution in [3.8, 4) is 0 Å². The van der Waals surface area contributed by atoms with Crippen molar-refractivity contribution in [2.24, 2.45) is 11.8 Å². The third-order valence-corrected chi connectivity index (χ3v) is 3.78. The first-order valence-corrected chi connectivity index (χ1v) is 8.46. The maximum atomic E-state index is 10.3. The summed E-state index contributed by atoms with van der Waals surface area (Å²) in [7, 11) is 0. The normalized spacial score (nSPS) is 15.3. The summed E-state index contributed by atoms with van der Waals surface area (Å²) in [4.78, 5) is 0. The minimum absolute atomic E-state index is 0.230. The predicted molar refractivity (Wildman–Crippen MR) is 86.4 cm³/mol. The predicted octanol–water partition coefficient (Wildman–Crippen LogP) is 5.73. The smallest absolute Gasteiger partial charge is 0.0749 e. The lowest BCUT2D eigenvalue weighted by molar-refractivity contribution is 0.136. The Kier molecular flexibility index (Phi) is 12.5. The van der Waals surface area contributed by atoms with E-state index in [4.69, 9.17) is 0 Å². The highest BCUT2D eigenvalue weighted by molar-refractivity contribution is 4.92. The monoisotopic (exact) mass is 268 g/mol. The van der Waals surface area contributed by atoms with Gasteiger partial charge in [0.1, 0.15) is 0 Å². The molecule has 0 spiro atoms. The summed E-state index contributed by atoms with van der Waals surface area (Å²) in [6.07, 6.45) is 15.1. The first kappa shape index (κ1) is 18.7. The molecule has 0 fully saturated rings. The van der Waals surface area contributed by atoms with Gasteiger partial charge in [0.25, 0.3) is 0 Å². The first-order chi connectivity index (χ1) is 9.11. The van der Waals surface area contributed by atoms with Crippen molar-refractivity contribution >= 4 is 0 Å². The molecule has 114 valence electrons. The quantitative estimate of drug-likeness (QED) is 0.354. The molecule has 19 heavy (non-hydrogen) atoms. The highest BCUT2D eigenvalue weighted by Crippen LogP contribution is 2.22. The van der Waals surface area contributed by atoms with Gasteiger partial charge in [0, 0.05) is 0 Å². The summed E-state index contributed by atoms with van der Waals surface area (Å²) < 4.78 is 0. The van der Waals surface area contributed by atoms with Crippen LogP contribution in [-0.2, 0) is 0 Å². The second kappa shape index (κ2) is 12.7. The van der Waals surface area contributed by atoms with Crippen LogP contribution in [-0.4, -0.2) is 11.2 Å². The fourth-order valence-electron chi connectivity index (χ4n) is 2.43. The van der Waals surface area contributed by atoms with Crippen molar-refractivity contribution in [1.82, 2.24) is 0 Å². The van der Waals surface area contributed by atoms with Gasteiger partial charge >= 0.3 is 0 Å². The van der Waals surface area contributed by atoms with Crippen LogP contribution in [0, 0.1) is 11.8 Å². The first-order valence-electron chi connectivity index (χ1n) is 8.46. The lowest BCUT2D eigenvalue weighted by atomic mass is 9.89. The van der Waals surface area contributed by atoms with Crippen LogP contribution >= 0.6 is 0 Å². The zero-order valence-corrected chi connectivity index (χ0v) is 13.7. The van der Waals surface area contributed by atoms with Crippen LogP contribution in [0.2, 0.25) is 0 Å². The molecule has 0 amide bonds. The maximum absolute atomic E-state index is 10.3. The fourth-order valence-corrected chi connectivity index (χ4v) is 2.43. The lowest BCUT2D eigenvalue weighted by Crippen LogP contribution is -2.18. The molecule has 0 heterocycles. The van der Waals surface area contributed by atoms with Crippen molar-refractivity contribution in [1.29, 1.82) is 0 Å². The molecule has 2 atom stereocenters. The van der Waals surface area contributed by atoms with E-state index < -0.39 is 0 Å². The van der Waals surface area contributed by atoms with Crippen LogP contribution in [0.1, 0.15) is 85.5 Å². The van der Waals surface area contributed by atoms with E-state index in [0.29, 0.717) is 11.8 Å². The van der Waals surface area contributed by atoms with E-state index in [2.05, 4.69) is 33.8 Å². The van der Waals surface area contributed by atoms with Crippen LogP contribution in [0.4, 0.5) is 0 Å². The molecule has 1 nitrogen and oxygen atoms in total. The zero-order chi connectivity index (χ0) is 14.5. The Morgan fingerprint density at radius 2 is 1.53 bits per heavy atom. The Bertz CT molecular complexity index is 208. The highest BCUT2D eigenvalue weighted by Gasteiger charge is 2.15. The van der Waals surface area contributed by atoms with E-state index in [1.54, 1.807) is 0 Å². The van der Waals surface area contributed by atoms with Gasteiger partial charge in [-0.05, 0) is 31.1 Å². The molecule has 0 aliphatic carbocycles. The number of hydrogen-bond donors (Lipinski definition) is 1. The average molecular weight is 268 g/mol. The van der Waals surface area contributed by atoms with E-state index in [9.17, 15) is 5.11 Å². The van der Waals surface area contributed by atoms with E-state index in [-0.39, 0.29) is 6.10 Å². The summed E-state index contributed by atoms with van der Waals surface area (Å²) in [5.41, 5.74) is 0. The van der Waals surface area contributed by atoms with Crippen molar-refractivity contribution in [2.45, 2.75) is 91.6 Å². The van der Waals surface area contributed by atoms with Crippen LogP contribution in [0.5, 0.6) is 0 Å². The van der Waals surface area contributed by atoms with Gasteiger partial charge in [0.05, 0.1) is 6.10 Å². The number of unbranched alkanes of at least 4 members (excludes halogenated alkanes) is 4. The molecule has 0 saturated heterocycles. The van der Waals surface area contributed by atoms with Gasteiger partial charge in [0.2, 0.25) is 0 Å². The summed E-state index contributed by atoms with van der Waals surface area (Å²) in [5, 5.41) is 10.3. The number of allylic oxidation sites excluding steroid dienone is 1. The number of rotatable bonds is 12. The molecule has 1 heteroatoms. The molecule has 0 rings (SSSR count). The van der Waals surface area contributed by atoms with E-state index in [0.717, 1.165) is 6.42 Å². The summed E-state index contributed by atoms with van der Waals surface area (Å²) >= 11 is 0. The van der Waals surface area contributed by atoms with Crippen LogP contribution in [0.15, 0.2) is 12.2 Å². The Morgan fingerprint density at radius 1 is 0.895 bits per heavy atom. The topological polar surface area (TPSA) is 20.2 Å². The molecule has 1 N–H and O–H groups in total. The third kappa shape index (κ3) is 11.2. The van der Waals surface area contributed by atoms with Gasteiger partial charge in [-0.15, -0.1) is 0 Å². The number of aliphatic hydroxyl groups excluding tert-OH is 1. The molecule has 2 unspecified atom stereocenters. The van der Waals surface area contributed by atoms with Crippen LogP contribution < -0.4 is 0 Å². The highest BCUT2D eigenvalue weighted by atomic mass is 16.3. The standard InChI is InChI=1S/C18H36O/c1-5-7-9-10-14-17(13-8-6-2)18(19)15-11-12-16(3)4/h11,15-19H,5-10,12-14H2,1-4H3/b15-11+. The van der Waals surface area contributed by atoms with Crippen LogP contribution in [0.25, 0.3) is 0 Å². The number of hydrogen-bond acceptors (Lipinski definition) is 1. The Labute approximate surface area is 121 Å². The van der Waals surface area contributed by atoms with Gasteiger partial charge in [-0.3, -0.25) is 0 Å². The van der Waals surface area contributed by atoms with Gasteiger partial charge in [0.15, 0.2) is 0 Å². The second-order valence-corrected chi connectivity index (χ2v) is 6.30. The van der Waals surface area contributed by atoms with Crippen molar-refractivity contribution in [2.75, 3.05) is 0 Å². The second-order valence-electron chi connectivity index (χ2n) is 6.30. The van der Waals surface area contributed by atoms with Gasteiger partial charge < -0.3 is 5.11 Å². The van der Waals surface area contributed by atoms with E-state index >= 15 is 0 Å². The van der Waals surface area contributed by atoms with Gasteiger partial charge in [-0.25, -0.2) is 0 Å². The molecule has 0 bridgehead atoms. The maximum Gasteiger partial charge on any atom is 0.0749 e. The minimum atomic E-state index is -0.230. The molecule has 0 aliphatic rings. The minimum Gasteiger partial charge on any atom is -0.389 e. The third-order valence-electron chi connectivity index (χ3n) is 3.78. The lowest BCUT2D eigenvalue weighted by Gasteiger charge is -2.20. The zero-order valence-electron chi connectivity index (χ0n) is 13.7. The average Bonchev–Trinajstić information content (AvgIpc) is 2.37. The number of aliphatic hydroxyl groups is 1. The van der Waals surface area contributed by atoms with Crippen molar-refractivity contribution in [3.63, 3.8) is 0 Å².